The van der Waals surface area contributed by atoms with Crippen LogP contribution < -0.4 is 15.4 Å². The molecule has 2 aliphatic rings. The van der Waals surface area contributed by atoms with Crippen LogP contribution in [0, 0.1) is 0 Å². The third-order valence-electron chi connectivity index (χ3n) is 5.21. The Bertz CT molecular complexity index is 831. The zero-order valence-electron chi connectivity index (χ0n) is 14.7. The Labute approximate surface area is 152 Å². The van der Waals surface area contributed by atoms with Gasteiger partial charge in [0.2, 0.25) is 0 Å². The van der Waals surface area contributed by atoms with Crippen LogP contribution in [0.4, 0.5) is 0 Å². The molecular formula is C21H22N2O3. The molecule has 3 unspecified atom stereocenters. The van der Waals surface area contributed by atoms with Crippen molar-refractivity contribution in [2.45, 2.75) is 44.3 Å². The first kappa shape index (κ1) is 16.8. The molecule has 0 aliphatic carbocycles. The maximum atomic E-state index is 12.4. The maximum Gasteiger partial charge on any atom is 0.251 e. The molecule has 0 spiro atoms. The van der Waals surface area contributed by atoms with Gasteiger partial charge in [0.15, 0.2) is 5.78 Å². The van der Waals surface area contributed by atoms with Gasteiger partial charge in [-0.2, -0.15) is 0 Å². The van der Waals surface area contributed by atoms with Crippen LogP contribution in [-0.2, 0) is 0 Å². The zero-order chi connectivity index (χ0) is 18.1. The van der Waals surface area contributed by atoms with Gasteiger partial charge in [-0.3, -0.25) is 9.59 Å². The number of Topliss-reactive ketones (excluding diaryl/α,β-unsaturated/α-hetero) is 1. The van der Waals surface area contributed by atoms with Crippen molar-refractivity contribution in [2.24, 2.45) is 0 Å². The molecule has 5 heteroatoms. The number of hydrogen-bond acceptors (Lipinski definition) is 4. The summed E-state index contributed by atoms with van der Waals surface area (Å²) in [4.78, 5) is 23.9. The van der Waals surface area contributed by atoms with Gasteiger partial charge >= 0.3 is 0 Å². The predicted molar refractivity (Wildman–Crippen MR) is 98.8 cm³/mol. The van der Waals surface area contributed by atoms with Crippen LogP contribution in [0.15, 0.2) is 48.5 Å². The van der Waals surface area contributed by atoms with Gasteiger partial charge in [-0.05, 0) is 62.6 Å². The predicted octanol–water partition coefficient (Wildman–Crippen LogP) is 3.30. The molecular weight excluding hydrogens is 328 g/mol. The first-order chi connectivity index (χ1) is 12.6. The van der Waals surface area contributed by atoms with Crippen LogP contribution in [0.1, 0.15) is 46.9 Å². The highest BCUT2D eigenvalue weighted by molar-refractivity contribution is 5.95. The lowest BCUT2D eigenvalue weighted by molar-refractivity contribution is 0.0930. The normalized spacial score (nSPS) is 23.7. The van der Waals surface area contributed by atoms with Crippen molar-refractivity contribution in [3.63, 3.8) is 0 Å². The summed E-state index contributed by atoms with van der Waals surface area (Å²) in [5.74, 6) is 1.18. The van der Waals surface area contributed by atoms with E-state index >= 15 is 0 Å². The fourth-order valence-corrected chi connectivity index (χ4v) is 3.82. The van der Waals surface area contributed by atoms with Crippen LogP contribution in [-0.4, -0.2) is 29.8 Å². The average Bonchev–Trinajstić information content (AvgIpc) is 3.25. The second-order valence-electron chi connectivity index (χ2n) is 7.07. The number of carbonyl (C=O) groups is 2. The summed E-state index contributed by atoms with van der Waals surface area (Å²) in [6, 6.07) is 15.3. The minimum Gasteiger partial charge on any atom is -0.457 e. The average molecular weight is 350 g/mol. The molecule has 2 heterocycles. The quantitative estimate of drug-likeness (QED) is 0.812. The lowest BCUT2D eigenvalue weighted by Gasteiger charge is -2.21. The minimum atomic E-state index is -0.0468. The van der Waals surface area contributed by atoms with Crippen LogP contribution in [0.25, 0.3) is 0 Å². The molecule has 2 aliphatic heterocycles. The van der Waals surface area contributed by atoms with Crippen molar-refractivity contribution >= 4 is 11.7 Å². The Morgan fingerprint density at radius 1 is 1.04 bits per heavy atom. The van der Waals surface area contributed by atoms with Gasteiger partial charge in [0.05, 0.1) is 0 Å². The summed E-state index contributed by atoms with van der Waals surface area (Å²) in [5.41, 5.74) is 1.23. The smallest absolute Gasteiger partial charge is 0.251 e. The van der Waals surface area contributed by atoms with Crippen LogP contribution >= 0.6 is 0 Å². The molecule has 0 aromatic heterocycles. The maximum absolute atomic E-state index is 12.4. The molecule has 2 fully saturated rings. The summed E-state index contributed by atoms with van der Waals surface area (Å²) >= 11 is 0. The van der Waals surface area contributed by atoms with Gasteiger partial charge < -0.3 is 15.4 Å². The summed E-state index contributed by atoms with van der Waals surface area (Å²) in [5, 5.41) is 6.66. The Balaban J connectivity index is 1.39. The van der Waals surface area contributed by atoms with Crippen LogP contribution in [0.2, 0.25) is 0 Å². The number of ether oxygens (including phenoxy) is 1. The van der Waals surface area contributed by atoms with Crippen molar-refractivity contribution in [1.29, 1.82) is 0 Å². The third-order valence-corrected chi connectivity index (χ3v) is 5.21. The number of ketones is 1. The SMILES string of the molecule is CC(=O)c1cccc(Oc2ccc(C(=O)NC3CC4CCC3N4)cc2)c1. The van der Waals surface area contributed by atoms with E-state index in [1.165, 1.54) is 13.3 Å². The van der Waals surface area contributed by atoms with Gasteiger partial charge in [0, 0.05) is 29.3 Å². The highest BCUT2D eigenvalue weighted by Gasteiger charge is 2.39. The lowest BCUT2D eigenvalue weighted by Crippen LogP contribution is -2.42. The first-order valence-electron chi connectivity index (χ1n) is 9.04. The van der Waals surface area contributed by atoms with E-state index in [1.807, 2.05) is 0 Å². The van der Waals surface area contributed by atoms with E-state index in [0.717, 1.165) is 12.8 Å². The Hall–Kier alpha value is -2.66. The molecule has 2 bridgehead atoms. The molecule has 0 radical (unpaired) electrons. The molecule has 4 rings (SSSR count). The van der Waals surface area contributed by atoms with Crippen molar-refractivity contribution in [3.8, 4) is 11.5 Å². The van der Waals surface area contributed by atoms with Gasteiger partial charge in [0.25, 0.3) is 5.91 Å². The Morgan fingerprint density at radius 2 is 1.85 bits per heavy atom. The summed E-state index contributed by atoms with van der Waals surface area (Å²) in [6.07, 6.45) is 3.37. The molecule has 26 heavy (non-hydrogen) atoms. The standard InChI is InChI=1S/C21H22N2O3/c1-13(24)15-3-2-4-18(11-15)26-17-8-5-14(6-9-17)21(25)23-20-12-16-7-10-19(20)22-16/h2-6,8-9,11,16,19-20,22H,7,10,12H2,1H3,(H,23,25). The number of amides is 1. The van der Waals surface area contributed by atoms with E-state index in [0.29, 0.717) is 34.7 Å². The summed E-state index contributed by atoms with van der Waals surface area (Å²) < 4.78 is 5.78. The fraction of sp³-hybridized carbons (Fsp3) is 0.333. The fourth-order valence-electron chi connectivity index (χ4n) is 3.82. The summed E-state index contributed by atoms with van der Waals surface area (Å²) in [7, 11) is 0. The van der Waals surface area contributed by atoms with E-state index in [4.69, 9.17) is 4.74 Å². The van der Waals surface area contributed by atoms with E-state index in [-0.39, 0.29) is 17.7 Å². The molecule has 2 aromatic carbocycles. The highest BCUT2D eigenvalue weighted by Crippen LogP contribution is 2.28. The van der Waals surface area contributed by atoms with Crippen molar-refractivity contribution in [3.05, 3.63) is 59.7 Å². The molecule has 3 atom stereocenters. The number of fused-ring (bicyclic) bond motifs is 2. The molecule has 5 nitrogen and oxygen atoms in total. The first-order valence-corrected chi connectivity index (χ1v) is 9.04. The van der Waals surface area contributed by atoms with E-state index in [9.17, 15) is 9.59 Å². The largest absolute Gasteiger partial charge is 0.457 e. The van der Waals surface area contributed by atoms with Crippen LogP contribution in [0.3, 0.4) is 0 Å². The van der Waals surface area contributed by atoms with Gasteiger partial charge in [-0.15, -0.1) is 0 Å². The Kier molecular flexibility index (Phi) is 4.47. The second kappa shape index (κ2) is 6.92. The van der Waals surface area contributed by atoms with Crippen molar-refractivity contribution < 1.29 is 14.3 Å². The van der Waals surface area contributed by atoms with Crippen molar-refractivity contribution in [1.82, 2.24) is 10.6 Å². The molecule has 134 valence electrons. The molecule has 0 saturated carbocycles. The van der Waals surface area contributed by atoms with Gasteiger partial charge in [0.1, 0.15) is 11.5 Å². The van der Waals surface area contributed by atoms with E-state index < -0.39 is 0 Å². The third kappa shape index (κ3) is 3.48. The highest BCUT2D eigenvalue weighted by atomic mass is 16.5. The number of nitrogens with one attached hydrogen (secondary N) is 2. The number of benzene rings is 2. The summed E-state index contributed by atoms with van der Waals surface area (Å²) in [6.45, 7) is 1.53. The number of carbonyl (C=O) groups excluding carboxylic acids is 2. The molecule has 1 amide bonds. The Morgan fingerprint density at radius 3 is 2.50 bits per heavy atom. The number of rotatable bonds is 5. The van der Waals surface area contributed by atoms with Gasteiger partial charge in [-0.25, -0.2) is 0 Å². The number of hydrogen-bond donors (Lipinski definition) is 2. The molecule has 2 N–H and O–H groups in total. The molecule has 2 aromatic rings. The zero-order valence-corrected chi connectivity index (χ0v) is 14.7. The van der Waals surface area contributed by atoms with Gasteiger partial charge in [-0.1, -0.05) is 12.1 Å². The monoisotopic (exact) mass is 350 g/mol. The van der Waals surface area contributed by atoms with Crippen molar-refractivity contribution in [2.75, 3.05) is 0 Å². The van der Waals surface area contributed by atoms with E-state index in [1.54, 1.807) is 48.5 Å². The van der Waals surface area contributed by atoms with E-state index in [2.05, 4.69) is 10.6 Å². The molecule has 2 saturated heterocycles. The second-order valence-corrected chi connectivity index (χ2v) is 7.07. The topological polar surface area (TPSA) is 67.4 Å². The lowest BCUT2D eigenvalue weighted by atomic mass is 9.95. The minimum absolute atomic E-state index is 0.00225. The van der Waals surface area contributed by atoms with Crippen LogP contribution in [0.5, 0.6) is 11.5 Å².